The topological polar surface area (TPSA) is 65.2 Å². The van der Waals surface area contributed by atoms with Crippen molar-refractivity contribution < 1.29 is 10.4 Å². The average Bonchev–Trinajstić information content (AvgIpc) is 1.64. The van der Waals surface area contributed by atoms with Crippen LogP contribution >= 0.6 is 0 Å². The zero-order valence-corrected chi connectivity index (χ0v) is 5.44. The molecule has 0 bridgehead atoms. The number of nitrogens with zero attached hydrogens (tertiary/aromatic N) is 2. The fourth-order valence-corrected chi connectivity index (χ4v) is 0.331. The first-order valence-electron chi connectivity index (χ1n) is 2.49. The minimum atomic E-state index is -0.483. The molecule has 0 aromatic rings. The molecule has 0 aromatic carbocycles. The molecular formula is C5H10N2O2. The maximum absolute atomic E-state index is 8.05. The first-order chi connectivity index (χ1) is 4.12. The lowest BCUT2D eigenvalue weighted by atomic mass is 9.98. The summed E-state index contributed by atoms with van der Waals surface area (Å²) in [5, 5.41) is 21.7. The molecule has 0 spiro atoms. The molecule has 4 heteroatoms. The molecule has 0 unspecified atom stereocenters. The molecule has 0 amide bonds. The largest absolute Gasteiger partial charge is 0.411 e. The Kier molecular flexibility index (Phi) is 2.70. The van der Waals surface area contributed by atoms with Crippen molar-refractivity contribution in [1.82, 2.24) is 0 Å². The standard InChI is InChI=1S/C5H10N2O2/c1-5(2,3-6-8)4-7-9/h3-4,8-9H,1-2H3/b6-3+,7-4+. The van der Waals surface area contributed by atoms with Crippen LogP contribution in [0.4, 0.5) is 0 Å². The van der Waals surface area contributed by atoms with Crippen molar-refractivity contribution in [2.75, 3.05) is 0 Å². The van der Waals surface area contributed by atoms with Crippen LogP contribution in [0.3, 0.4) is 0 Å². The summed E-state index contributed by atoms with van der Waals surface area (Å²) >= 11 is 0. The molecule has 0 heterocycles. The zero-order chi connectivity index (χ0) is 7.33. The third kappa shape index (κ3) is 3.52. The molecular weight excluding hydrogens is 120 g/mol. The number of hydrogen-bond acceptors (Lipinski definition) is 4. The van der Waals surface area contributed by atoms with Crippen LogP contribution in [0.15, 0.2) is 10.3 Å². The highest BCUT2D eigenvalue weighted by molar-refractivity contribution is 5.87. The van der Waals surface area contributed by atoms with Crippen LogP contribution in [-0.2, 0) is 0 Å². The number of oxime groups is 2. The molecule has 0 aliphatic carbocycles. The third-order valence-corrected chi connectivity index (χ3v) is 0.781. The highest BCUT2D eigenvalue weighted by Crippen LogP contribution is 2.06. The first-order valence-corrected chi connectivity index (χ1v) is 2.49. The molecule has 0 rings (SSSR count). The highest BCUT2D eigenvalue weighted by atomic mass is 16.4. The van der Waals surface area contributed by atoms with Gasteiger partial charge in [-0.1, -0.05) is 0 Å². The van der Waals surface area contributed by atoms with Gasteiger partial charge in [0.25, 0.3) is 0 Å². The van der Waals surface area contributed by atoms with E-state index in [1.165, 1.54) is 12.4 Å². The van der Waals surface area contributed by atoms with Gasteiger partial charge in [0.1, 0.15) is 0 Å². The number of rotatable bonds is 2. The minimum Gasteiger partial charge on any atom is -0.411 e. The van der Waals surface area contributed by atoms with Crippen LogP contribution in [0.25, 0.3) is 0 Å². The van der Waals surface area contributed by atoms with E-state index >= 15 is 0 Å². The Hall–Kier alpha value is -1.06. The second-order valence-corrected chi connectivity index (χ2v) is 2.31. The van der Waals surface area contributed by atoms with E-state index < -0.39 is 5.41 Å². The van der Waals surface area contributed by atoms with Gasteiger partial charge >= 0.3 is 0 Å². The van der Waals surface area contributed by atoms with E-state index in [0.29, 0.717) is 0 Å². The summed E-state index contributed by atoms with van der Waals surface area (Å²) in [5.74, 6) is 0. The molecule has 4 nitrogen and oxygen atoms in total. The first kappa shape index (κ1) is 7.94. The monoisotopic (exact) mass is 130 g/mol. The normalized spacial score (nSPS) is 13.6. The van der Waals surface area contributed by atoms with Crippen LogP contribution in [0, 0.1) is 5.41 Å². The van der Waals surface area contributed by atoms with Crippen molar-refractivity contribution in [2.45, 2.75) is 13.8 Å². The predicted molar refractivity (Wildman–Crippen MR) is 34.3 cm³/mol. The molecule has 2 N–H and O–H groups in total. The molecule has 0 aliphatic rings. The Labute approximate surface area is 53.5 Å². The van der Waals surface area contributed by atoms with E-state index in [0.717, 1.165) is 0 Å². The van der Waals surface area contributed by atoms with E-state index in [1.807, 2.05) is 0 Å². The van der Waals surface area contributed by atoms with Crippen molar-refractivity contribution >= 4 is 12.4 Å². The lowest BCUT2D eigenvalue weighted by Gasteiger charge is -2.07. The van der Waals surface area contributed by atoms with Crippen LogP contribution in [0.2, 0.25) is 0 Å². The molecule has 0 radical (unpaired) electrons. The summed E-state index contributed by atoms with van der Waals surface area (Å²) in [6.07, 6.45) is 2.54. The van der Waals surface area contributed by atoms with Crippen molar-refractivity contribution in [3.05, 3.63) is 0 Å². The van der Waals surface area contributed by atoms with Gasteiger partial charge in [0.2, 0.25) is 0 Å². The summed E-state index contributed by atoms with van der Waals surface area (Å²) in [6, 6.07) is 0. The van der Waals surface area contributed by atoms with E-state index in [-0.39, 0.29) is 0 Å². The van der Waals surface area contributed by atoms with Crippen LogP contribution in [0.1, 0.15) is 13.8 Å². The molecule has 52 valence electrons. The van der Waals surface area contributed by atoms with Gasteiger partial charge in [0, 0.05) is 5.41 Å². The van der Waals surface area contributed by atoms with E-state index in [9.17, 15) is 0 Å². The zero-order valence-electron chi connectivity index (χ0n) is 5.44. The quantitative estimate of drug-likeness (QED) is 0.332. The lowest BCUT2D eigenvalue weighted by molar-refractivity contribution is 0.312. The molecule has 0 fully saturated rings. The summed E-state index contributed by atoms with van der Waals surface area (Å²) in [5.41, 5.74) is -0.483. The Morgan fingerprint density at radius 3 is 1.67 bits per heavy atom. The fraction of sp³-hybridized carbons (Fsp3) is 0.600. The van der Waals surface area contributed by atoms with E-state index in [4.69, 9.17) is 10.4 Å². The Morgan fingerprint density at radius 2 is 1.44 bits per heavy atom. The average molecular weight is 130 g/mol. The van der Waals surface area contributed by atoms with E-state index in [2.05, 4.69) is 10.3 Å². The van der Waals surface area contributed by atoms with Crippen LogP contribution in [-0.4, -0.2) is 22.8 Å². The summed E-state index contributed by atoms with van der Waals surface area (Å²) in [7, 11) is 0. The van der Waals surface area contributed by atoms with E-state index in [1.54, 1.807) is 13.8 Å². The van der Waals surface area contributed by atoms with Crippen LogP contribution < -0.4 is 0 Å². The van der Waals surface area contributed by atoms with Gasteiger partial charge in [0.15, 0.2) is 0 Å². The van der Waals surface area contributed by atoms with Gasteiger partial charge in [-0.05, 0) is 13.8 Å². The second-order valence-electron chi connectivity index (χ2n) is 2.31. The predicted octanol–water partition coefficient (Wildman–Crippen LogP) is 0.933. The number of hydrogen-bond donors (Lipinski definition) is 2. The molecule has 0 aromatic heterocycles. The molecule has 0 aliphatic heterocycles. The van der Waals surface area contributed by atoms with Crippen molar-refractivity contribution in [3.63, 3.8) is 0 Å². The van der Waals surface area contributed by atoms with Gasteiger partial charge in [-0.3, -0.25) is 0 Å². The summed E-state index contributed by atoms with van der Waals surface area (Å²) in [4.78, 5) is 0. The summed E-state index contributed by atoms with van der Waals surface area (Å²) < 4.78 is 0. The molecule has 0 saturated carbocycles. The maximum atomic E-state index is 8.05. The Bertz CT molecular complexity index is 115. The van der Waals surface area contributed by atoms with Crippen LogP contribution in [0.5, 0.6) is 0 Å². The fourth-order valence-electron chi connectivity index (χ4n) is 0.331. The van der Waals surface area contributed by atoms with Crippen molar-refractivity contribution in [2.24, 2.45) is 15.7 Å². The van der Waals surface area contributed by atoms with Crippen molar-refractivity contribution in [3.8, 4) is 0 Å². The Morgan fingerprint density at radius 1 is 1.11 bits per heavy atom. The third-order valence-electron chi connectivity index (χ3n) is 0.781. The lowest BCUT2D eigenvalue weighted by Crippen LogP contribution is -2.14. The Balaban J connectivity index is 4.01. The molecule has 0 atom stereocenters. The van der Waals surface area contributed by atoms with Gasteiger partial charge in [-0.2, -0.15) is 0 Å². The SMILES string of the molecule is CC(C)(/C=N/O)/C=N/O. The summed E-state index contributed by atoms with van der Waals surface area (Å²) in [6.45, 7) is 3.48. The second kappa shape index (κ2) is 3.06. The smallest absolute Gasteiger partial charge is 0.0546 e. The molecule has 9 heavy (non-hydrogen) atoms. The van der Waals surface area contributed by atoms with Gasteiger partial charge < -0.3 is 10.4 Å². The highest BCUT2D eigenvalue weighted by Gasteiger charge is 2.10. The minimum absolute atomic E-state index is 0.483. The van der Waals surface area contributed by atoms with Crippen molar-refractivity contribution in [1.29, 1.82) is 0 Å². The van der Waals surface area contributed by atoms with Gasteiger partial charge in [-0.15, -0.1) is 10.3 Å². The van der Waals surface area contributed by atoms with Gasteiger partial charge in [0.05, 0.1) is 12.4 Å². The maximum Gasteiger partial charge on any atom is 0.0546 e. The molecule has 0 saturated heterocycles. The van der Waals surface area contributed by atoms with Gasteiger partial charge in [-0.25, -0.2) is 0 Å².